The Morgan fingerprint density at radius 2 is 1.85 bits per heavy atom. The smallest absolute Gasteiger partial charge is 0.223 e. The van der Waals surface area contributed by atoms with Crippen LogP contribution in [-0.2, 0) is 29.2 Å². The highest BCUT2D eigenvalue weighted by atomic mass is 35.5. The van der Waals surface area contributed by atoms with Crippen molar-refractivity contribution in [1.29, 1.82) is 0 Å². The number of carbonyl (C=O) groups is 2. The van der Waals surface area contributed by atoms with Gasteiger partial charge in [-0.15, -0.1) is 0 Å². The molecule has 144 valence electrons. The lowest BCUT2D eigenvalue weighted by Gasteiger charge is -2.21. The summed E-state index contributed by atoms with van der Waals surface area (Å²) in [5.74, 6) is -1.84. The number of hydrogen-bond donors (Lipinski definition) is 3. The average molecular weight is 389 g/mol. The molecule has 0 fully saturated rings. The van der Waals surface area contributed by atoms with Gasteiger partial charge >= 0.3 is 0 Å². The summed E-state index contributed by atoms with van der Waals surface area (Å²) in [6.45, 7) is 1.80. The maximum absolute atomic E-state index is 12.5. The highest BCUT2D eigenvalue weighted by Gasteiger charge is 2.28. The molecular weight excluding hydrogens is 364 g/mol. The number of aryl methyl sites for hydroxylation is 1. The van der Waals surface area contributed by atoms with Crippen LogP contribution >= 0.6 is 11.6 Å². The minimum absolute atomic E-state index is 0.140. The molecule has 2 amide bonds. The third-order valence-electron chi connectivity index (χ3n) is 4.76. The van der Waals surface area contributed by atoms with Gasteiger partial charge in [-0.1, -0.05) is 54.9 Å². The summed E-state index contributed by atoms with van der Waals surface area (Å²) in [4.78, 5) is 24.4. The Bertz CT molecular complexity index is 780. The van der Waals surface area contributed by atoms with Crippen molar-refractivity contribution in [1.82, 2.24) is 5.32 Å². The van der Waals surface area contributed by atoms with Gasteiger partial charge in [0.15, 0.2) is 0 Å². The molecule has 0 aliphatic heterocycles. The molecule has 2 atom stereocenters. The van der Waals surface area contributed by atoms with Gasteiger partial charge in [0, 0.05) is 23.4 Å². The van der Waals surface area contributed by atoms with Gasteiger partial charge in [0.2, 0.25) is 11.8 Å². The van der Waals surface area contributed by atoms with E-state index in [1.54, 1.807) is 25.1 Å². The summed E-state index contributed by atoms with van der Waals surface area (Å²) in [6, 6.07) is 14.9. The Kier molecular flexibility index (Phi) is 7.82. The van der Waals surface area contributed by atoms with E-state index in [4.69, 9.17) is 17.3 Å². The molecular formula is C21H25ClN2O3. The number of primary amides is 1. The minimum atomic E-state index is -0.554. The Labute approximate surface area is 164 Å². The molecule has 2 rings (SSSR count). The second-order valence-electron chi connectivity index (χ2n) is 6.61. The van der Waals surface area contributed by atoms with Crippen LogP contribution in [-0.4, -0.2) is 16.9 Å². The predicted octanol–water partition coefficient (Wildman–Crippen LogP) is 2.82. The van der Waals surface area contributed by atoms with E-state index in [1.807, 2.05) is 30.3 Å². The first-order valence-electron chi connectivity index (χ1n) is 8.91. The monoisotopic (exact) mass is 388 g/mol. The third kappa shape index (κ3) is 6.08. The zero-order valence-electron chi connectivity index (χ0n) is 15.3. The molecule has 0 bridgehead atoms. The van der Waals surface area contributed by atoms with Gasteiger partial charge in [-0.25, -0.2) is 0 Å². The van der Waals surface area contributed by atoms with Gasteiger partial charge in [-0.2, -0.15) is 0 Å². The van der Waals surface area contributed by atoms with Crippen molar-refractivity contribution in [3.63, 3.8) is 0 Å². The van der Waals surface area contributed by atoms with Crippen LogP contribution in [0.2, 0.25) is 5.02 Å². The van der Waals surface area contributed by atoms with Crippen molar-refractivity contribution < 1.29 is 14.7 Å². The number of nitrogens with one attached hydrogen (secondary N) is 1. The van der Waals surface area contributed by atoms with Crippen LogP contribution in [0.15, 0.2) is 48.5 Å². The van der Waals surface area contributed by atoms with Crippen LogP contribution in [0.1, 0.15) is 30.0 Å². The Morgan fingerprint density at radius 1 is 1.15 bits per heavy atom. The lowest BCUT2D eigenvalue weighted by molar-refractivity contribution is -0.133. The van der Waals surface area contributed by atoms with E-state index in [-0.39, 0.29) is 19.1 Å². The fourth-order valence-corrected chi connectivity index (χ4v) is 3.24. The predicted molar refractivity (Wildman–Crippen MR) is 106 cm³/mol. The number of benzene rings is 2. The van der Waals surface area contributed by atoms with Crippen molar-refractivity contribution in [3.8, 4) is 0 Å². The molecule has 0 heterocycles. The Hall–Kier alpha value is -2.37. The van der Waals surface area contributed by atoms with E-state index in [0.717, 1.165) is 11.1 Å². The Morgan fingerprint density at radius 3 is 2.48 bits per heavy atom. The number of aliphatic hydroxyl groups excluding tert-OH is 1. The van der Waals surface area contributed by atoms with Crippen LogP contribution < -0.4 is 11.1 Å². The molecule has 2 aromatic carbocycles. The standard InChI is InChI=1S/C21H25ClN2O3/c1-14(19(20(23)26)10-7-15-5-3-2-4-6-15)21(27)24-12-17-11-18(22)9-8-16(17)13-25/h2-6,8-9,11,14,19,25H,7,10,12-13H2,1H3,(H2,23,26)(H,24,27)/t14-,19?/m0/s1. The molecule has 0 spiro atoms. The first-order valence-corrected chi connectivity index (χ1v) is 9.29. The molecule has 2 aromatic rings. The van der Waals surface area contributed by atoms with E-state index in [1.165, 1.54) is 0 Å². The molecule has 0 aliphatic carbocycles. The number of aliphatic hydroxyl groups is 1. The summed E-state index contributed by atoms with van der Waals surface area (Å²) in [5.41, 5.74) is 8.08. The topological polar surface area (TPSA) is 92.4 Å². The van der Waals surface area contributed by atoms with Crippen molar-refractivity contribution in [2.24, 2.45) is 17.6 Å². The van der Waals surface area contributed by atoms with E-state index in [2.05, 4.69) is 5.32 Å². The highest BCUT2D eigenvalue weighted by molar-refractivity contribution is 6.30. The molecule has 0 saturated carbocycles. The molecule has 0 radical (unpaired) electrons. The van der Waals surface area contributed by atoms with Gasteiger partial charge < -0.3 is 16.2 Å². The largest absolute Gasteiger partial charge is 0.392 e. The SMILES string of the molecule is C[C@H](C(=O)NCc1cc(Cl)ccc1CO)C(CCc1ccccc1)C(N)=O. The summed E-state index contributed by atoms with van der Waals surface area (Å²) < 4.78 is 0. The maximum Gasteiger partial charge on any atom is 0.223 e. The quantitative estimate of drug-likeness (QED) is 0.616. The summed E-state index contributed by atoms with van der Waals surface area (Å²) in [7, 11) is 0. The molecule has 4 N–H and O–H groups in total. The fourth-order valence-electron chi connectivity index (χ4n) is 3.04. The first-order chi connectivity index (χ1) is 12.9. The van der Waals surface area contributed by atoms with E-state index in [0.29, 0.717) is 23.4 Å². The van der Waals surface area contributed by atoms with E-state index in [9.17, 15) is 14.7 Å². The van der Waals surface area contributed by atoms with Gasteiger partial charge in [0.05, 0.1) is 6.61 Å². The Balaban J connectivity index is 1.98. The van der Waals surface area contributed by atoms with Crippen molar-refractivity contribution in [2.75, 3.05) is 0 Å². The summed E-state index contributed by atoms with van der Waals surface area (Å²) in [5, 5.41) is 12.8. The number of nitrogens with two attached hydrogens (primary N) is 1. The summed E-state index contributed by atoms with van der Waals surface area (Å²) >= 11 is 5.99. The van der Waals surface area contributed by atoms with Crippen molar-refractivity contribution >= 4 is 23.4 Å². The lowest BCUT2D eigenvalue weighted by Crippen LogP contribution is -2.39. The van der Waals surface area contributed by atoms with Crippen molar-refractivity contribution in [2.45, 2.75) is 32.9 Å². The van der Waals surface area contributed by atoms with Crippen LogP contribution in [0.4, 0.5) is 0 Å². The zero-order chi connectivity index (χ0) is 19.8. The van der Waals surface area contributed by atoms with Gasteiger partial charge in [-0.05, 0) is 41.7 Å². The lowest BCUT2D eigenvalue weighted by atomic mass is 9.87. The molecule has 5 nitrogen and oxygen atoms in total. The molecule has 0 aliphatic rings. The first kappa shape index (κ1) is 20.9. The fraction of sp³-hybridized carbons (Fsp3) is 0.333. The summed E-state index contributed by atoms with van der Waals surface area (Å²) in [6.07, 6.45) is 1.18. The maximum atomic E-state index is 12.5. The molecule has 1 unspecified atom stereocenters. The molecule has 0 aromatic heterocycles. The van der Waals surface area contributed by atoms with Gasteiger partial charge in [0.25, 0.3) is 0 Å². The van der Waals surface area contributed by atoms with Gasteiger partial charge in [-0.3, -0.25) is 9.59 Å². The van der Waals surface area contributed by atoms with Crippen LogP contribution in [0.25, 0.3) is 0 Å². The highest BCUT2D eigenvalue weighted by Crippen LogP contribution is 2.20. The average Bonchev–Trinajstić information content (AvgIpc) is 2.66. The third-order valence-corrected chi connectivity index (χ3v) is 5.00. The van der Waals surface area contributed by atoms with Crippen LogP contribution in [0.5, 0.6) is 0 Å². The minimum Gasteiger partial charge on any atom is -0.392 e. The number of carbonyl (C=O) groups excluding carboxylic acids is 2. The second kappa shape index (κ2) is 10.1. The second-order valence-corrected chi connectivity index (χ2v) is 7.05. The number of hydrogen-bond acceptors (Lipinski definition) is 3. The molecule has 6 heteroatoms. The number of halogens is 1. The van der Waals surface area contributed by atoms with E-state index < -0.39 is 17.7 Å². The van der Waals surface area contributed by atoms with Crippen molar-refractivity contribution in [3.05, 3.63) is 70.2 Å². The van der Waals surface area contributed by atoms with Crippen LogP contribution in [0, 0.1) is 11.8 Å². The normalized spacial score (nSPS) is 13.0. The molecule has 0 saturated heterocycles. The molecule has 27 heavy (non-hydrogen) atoms. The van der Waals surface area contributed by atoms with Crippen LogP contribution in [0.3, 0.4) is 0 Å². The van der Waals surface area contributed by atoms with Gasteiger partial charge in [0.1, 0.15) is 0 Å². The number of amides is 2. The zero-order valence-corrected chi connectivity index (χ0v) is 16.1. The number of rotatable bonds is 9. The van der Waals surface area contributed by atoms with E-state index >= 15 is 0 Å².